The van der Waals surface area contributed by atoms with Crippen molar-refractivity contribution in [2.45, 2.75) is 12.5 Å². The zero-order valence-corrected chi connectivity index (χ0v) is 12.9. The maximum absolute atomic E-state index is 10.3. The van der Waals surface area contributed by atoms with Gasteiger partial charge in [-0.05, 0) is 42.0 Å². The van der Waals surface area contributed by atoms with Gasteiger partial charge in [0.15, 0.2) is 0 Å². The van der Waals surface area contributed by atoms with E-state index in [9.17, 15) is 5.11 Å². The highest BCUT2D eigenvalue weighted by Gasteiger charge is 2.14. The molecule has 0 saturated carbocycles. The third-order valence-corrected chi connectivity index (χ3v) is 3.87. The molecule has 0 aliphatic heterocycles. The molecule has 0 spiro atoms. The summed E-state index contributed by atoms with van der Waals surface area (Å²) in [4.78, 5) is 0. The summed E-state index contributed by atoms with van der Waals surface area (Å²) < 4.78 is 6.67. The molecule has 2 aromatic carbocycles. The molecule has 1 N–H and O–H groups in total. The van der Waals surface area contributed by atoms with Crippen molar-refractivity contribution in [1.29, 1.82) is 0 Å². The van der Waals surface area contributed by atoms with Crippen molar-refractivity contribution in [2.24, 2.45) is 0 Å². The van der Waals surface area contributed by atoms with Crippen LogP contribution in [-0.4, -0.2) is 5.11 Å². The van der Waals surface area contributed by atoms with Crippen LogP contribution in [0.4, 0.5) is 0 Å². The second-order valence-corrected chi connectivity index (χ2v) is 6.03. The fraction of sp³-hybridized carbons (Fsp3) is 0.125. The van der Waals surface area contributed by atoms with Crippen LogP contribution in [0.2, 0.25) is 5.02 Å². The number of fused-ring (bicyclic) bond motifs is 1. The summed E-state index contributed by atoms with van der Waals surface area (Å²) in [5.74, 6) is 0.558. The zero-order valence-electron chi connectivity index (χ0n) is 10.5. The molecule has 102 valence electrons. The highest BCUT2D eigenvalue weighted by atomic mass is 79.9. The SMILES string of the molecule is OC(Cc1cccc(Br)c1)c1cc2cc(Cl)ccc2o1. The Morgan fingerprint density at radius 1 is 1.15 bits per heavy atom. The molecule has 0 saturated heterocycles. The maximum Gasteiger partial charge on any atom is 0.134 e. The van der Waals surface area contributed by atoms with E-state index in [0.29, 0.717) is 17.2 Å². The summed E-state index contributed by atoms with van der Waals surface area (Å²) >= 11 is 9.37. The Balaban J connectivity index is 1.86. The molecule has 0 aliphatic carbocycles. The van der Waals surface area contributed by atoms with Gasteiger partial charge in [-0.2, -0.15) is 0 Å². The quantitative estimate of drug-likeness (QED) is 0.710. The molecule has 0 radical (unpaired) electrons. The van der Waals surface area contributed by atoms with Crippen molar-refractivity contribution in [1.82, 2.24) is 0 Å². The molecule has 2 nitrogen and oxygen atoms in total. The Bertz CT molecular complexity index is 751. The lowest BCUT2D eigenvalue weighted by molar-refractivity contribution is 0.152. The van der Waals surface area contributed by atoms with E-state index in [1.165, 1.54) is 0 Å². The second-order valence-electron chi connectivity index (χ2n) is 4.68. The number of rotatable bonds is 3. The highest BCUT2D eigenvalue weighted by molar-refractivity contribution is 9.10. The van der Waals surface area contributed by atoms with Crippen LogP contribution in [0.1, 0.15) is 17.4 Å². The second kappa shape index (κ2) is 5.60. The van der Waals surface area contributed by atoms with E-state index >= 15 is 0 Å². The van der Waals surface area contributed by atoms with E-state index in [1.807, 2.05) is 42.5 Å². The molecule has 0 aliphatic rings. The first-order valence-corrected chi connectivity index (χ1v) is 7.40. The molecule has 0 fully saturated rings. The summed E-state index contributed by atoms with van der Waals surface area (Å²) in [6, 6.07) is 15.1. The van der Waals surface area contributed by atoms with Crippen molar-refractivity contribution in [2.75, 3.05) is 0 Å². The average Bonchev–Trinajstić information content (AvgIpc) is 2.81. The van der Waals surface area contributed by atoms with Gasteiger partial charge >= 0.3 is 0 Å². The van der Waals surface area contributed by atoms with Gasteiger partial charge in [0.25, 0.3) is 0 Å². The number of aliphatic hydroxyl groups is 1. The first kappa shape index (κ1) is 13.7. The van der Waals surface area contributed by atoms with Gasteiger partial charge in [0.05, 0.1) is 0 Å². The summed E-state index contributed by atoms with van der Waals surface area (Å²) in [5.41, 5.74) is 1.78. The van der Waals surface area contributed by atoms with Crippen LogP contribution < -0.4 is 0 Å². The van der Waals surface area contributed by atoms with Gasteiger partial charge in [0.2, 0.25) is 0 Å². The largest absolute Gasteiger partial charge is 0.458 e. The van der Waals surface area contributed by atoms with Crippen molar-refractivity contribution < 1.29 is 9.52 Å². The normalized spacial score (nSPS) is 12.8. The minimum absolute atomic E-state index is 0.507. The van der Waals surface area contributed by atoms with Crippen molar-refractivity contribution >= 4 is 38.5 Å². The van der Waals surface area contributed by atoms with Crippen molar-refractivity contribution in [3.05, 3.63) is 69.3 Å². The minimum atomic E-state index is -0.671. The van der Waals surface area contributed by atoms with Gasteiger partial charge in [0.1, 0.15) is 17.4 Å². The highest BCUT2D eigenvalue weighted by Crippen LogP contribution is 2.28. The fourth-order valence-corrected chi connectivity index (χ4v) is 2.81. The molecule has 1 unspecified atom stereocenters. The number of hydrogen-bond acceptors (Lipinski definition) is 2. The third kappa shape index (κ3) is 2.90. The molecule has 1 atom stereocenters. The van der Waals surface area contributed by atoms with Gasteiger partial charge in [-0.15, -0.1) is 0 Å². The van der Waals surface area contributed by atoms with Gasteiger partial charge in [-0.1, -0.05) is 39.7 Å². The summed E-state index contributed by atoms with van der Waals surface area (Å²) in [6.07, 6.45) is -0.164. The lowest BCUT2D eigenvalue weighted by Gasteiger charge is -2.07. The van der Waals surface area contributed by atoms with E-state index in [0.717, 1.165) is 21.0 Å². The smallest absolute Gasteiger partial charge is 0.134 e. The molecule has 0 amide bonds. The van der Waals surface area contributed by atoms with Crippen LogP contribution in [0.3, 0.4) is 0 Å². The minimum Gasteiger partial charge on any atom is -0.458 e. The number of furan rings is 1. The Morgan fingerprint density at radius 2 is 2.00 bits per heavy atom. The lowest BCUT2D eigenvalue weighted by atomic mass is 10.1. The van der Waals surface area contributed by atoms with E-state index in [4.69, 9.17) is 16.0 Å². The van der Waals surface area contributed by atoms with Crippen molar-refractivity contribution in [3.63, 3.8) is 0 Å². The van der Waals surface area contributed by atoms with E-state index in [-0.39, 0.29) is 0 Å². The number of hydrogen-bond donors (Lipinski definition) is 1. The molecule has 0 bridgehead atoms. The fourth-order valence-electron chi connectivity index (χ4n) is 2.19. The Hall–Kier alpha value is -1.29. The van der Waals surface area contributed by atoms with Crippen LogP contribution in [0.5, 0.6) is 0 Å². The van der Waals surface area contributed by atoms with E-state index in [2.05, 4.69) is 15.9 Å². The number of benzene rings is 2. The molecule has 1 aromatic heterocycles. The Morgan fingerprint density at radius 3 is 2.80 bits per heavy atom. The number of aliphatic hydroxyl groups excluding tert-OH is 1. The van der Waals surface area contributed by atoms with Crippen LogP contribution in [-0.2, 0) is 6.42 Å². The van der Waals surface area contributed by atoms with Crippen LogP contribution in [0.25, 0.3) is 11.0 Å². The predicted molar refractivity (Wildman–Crippen MR) is 84.0 cm³/mol. The molecule has 20 heavy (non-hydrogen) atoms. The van der Waals surface area contributed by atoms with Gasteiger partial charge < -0.3 is 9.52 Å². The number of halogens is 2. The average molecular weight is 352 g/mol. The van der Waals surface area contributed by atoms with Gasteiger partial charge in [-0.25, -0.2) is 0 Å². The molecule has 4 heteroatoms. The van der Waals surface area contributed by atoms with E-state index < -0.39 is 6.10 Å². The molecule has 3 aromatic rings. The molecule has 3 rings (SSSR count). The van der Waals surface area contributed by atoms with Crippen molar-refractivity contribution in [3.8, 4) is 0 Å². The maximum atomic E-state index is 10.3. The third-order valence-electron chi connectivity index (χ3n) is 3.14. The molecular formula is C16H12BrClO2. The lowest BCUT2D eigenvalue weighted by Crippen LogP contribution is -2.00. The first-order chi connectivity index (χ1) is 9.61. The monoisotopic (exact) mass is 350 g/mol. The van der Waals surface area contributed by atoms with Gasteiger partial charge in [0, 0.05) is 21.3 Å². The van der Waals surface area contributed by atoms with Crippen LogP contribution in [0.15, 0.2) is 57.4 Å². The summed E-state index contributed by atoms with van der Waals surface area (Å²) in [6.45, 7) is 0. The molecule has 1 heterocycles. The zero-order chi connectivity index (χ0) is 14.1. The van der Waals surface area contributed by atoms with Crippen LogP contribution in [0, 0.1) is 0 Å². The van der Waals surface area contributed by atoms with E-state index in [1.54, 1.807) is 6.07 Å². The topological polar surface area (TPSA) is 33.4 Å². The Kier molecular flexibility index (Phi) is 3.83. The molecular weight excluding hydrogens is 340 g/mol. The van der Waals surface area contributed by atoms with Crippen LogP contribution >= 0.6 is 27.5 Å². The summed E-state index contributed by atoms with van der Waals surface area (Å²) in [7, 11) is 0. The summed E-state index contributed by atoms with van der Waals surface area (Å²) in [5, 5.41) is 11.9. The van der Waals surface area contributed by atoms with Gasteiger partial charge in [-0.3, -0.25) is 0 Å². The Labute approximate surface area is 130 Å². The predicted octanol–water partition coefficient (Wildman–Crippen LogP) is 5.12. The first-order valence-electron chi connectivity index (χ1n) is 6.23. The standard InChI is InChI=1S/C16H12BrClO2/c17-12-3-1-2-10(6-12)7-14(19)16-9-11-8-13(18)4-5-15(11)20-16/h1-6,8-9,14,19H,7H2.